The van der Waals surface area contributed by atoms with Crippen molar-refractivity contribution in [3.63, 3.8) is 0 Å². The van der Waals surface area contributed by atoms with Gasteiger partial charge in [-0.15, -0.1) is 5.10 Å². The standard InChI is InChI=1S/C14H20N6O3S/c1-2-7-20-13(15-16-17-20)11-18-10-12(5-6-14(18)21)24(22,23)19-8-3-4-9-19/h5-6,10H,2-4,7-9,11H2,1H3. The van der Waals surface area contributed by atoms with Crippen LogP contribution >= 0.6 is 0 Å². The van der Waals surface area contributed by atoms with Crippen LogP contribution < -0.4 is 5.56 Å². The summed E-state index contributed by atoms with van der Waals surface area (Å²) in [5.41, 5.74) is -0.290. The molecule has 10 heteroatoms. The van der Waals surface area contributed by atoms with Gasteiger partial charge in [-0.05, 0) is 35.8 Å². The van der Waals surface area contributed by atoms with Crippen molar-refractivity contribution >= 4 is 10.0 Å². The van der Waals surface area contributed by atoms with Crippen molar-refractivity contribution in [3.8, 4) is 0 Å². The van der Waals surface area contributed by atoms with E-state index in [2.05, 4.69) is 15.5 Å². The minimum atomic E-state index is -3.56. The minimum Gasteiger partial charge on any atom is -0.306 e. The minimum absolute atomic E-state index is 0.124. The Morgan fingerprint density at radius 2 is 1.96 bits per heavy atom. The van der Waals surface area contributed by atoms with Crippen molar-refractivity contribution in [1.29, 1.82) is 0 Å². The molecule has 0 bridgehead atoms. The maximum Gasteiger partial charge on any atom is 0.251 e. The first-order valence-electron chi connectivity index (χ1n) is 7.98. The lowest BCUT2D eigenvalue weighted by Crippen LogP contribution is -2.30. The number of sulfonamides is 1. The normalized spacial score (nSPS) is 15.9. The molecule has 0 N–H and O–H groups in total. The van der Waals surface area contributed by atoms with Gasteiger partial charge in [-0.2, -0.15) is 4.31 Å². The van der Waals surface area contributed by atoms with Crippen LogP contribution in [0, 0.1) is 0 Å². The average molecular weight is 352 g/mol. The molecule has 0 aliphatic carbocycles. The van der Waals surface area contributed by atoms with Gasteiger partial charge in [0.15, 0.2) is 5.82 Å². The molecule has 130 valence electrons. The van der Waals surface area contributed by atoms with Crippen molar-refractivity contribution in [3.05, 3.63) is 34.5 Å². The Morgan fingerprint density at radius 3 is 2.67 bits per heavy atom. The van der Waals surface area contributed by atoms with Gasteiger partial charge in [0.05, 0.1) is 11.4 Å². The van der Waals surface area contributed by atoms with E-state index in [1.165, 1.54) is 27.2 Å². The topological polar surface area (TPSA) is 103 Å². The fourth-order valence-corrected chi connectivity index (χ4v) is 4.27. The van der Waals surface area contributed by atoms with Gasteiger partial charge in [-0.3, -0.25) is 4.79 Å². The van der Waals surface area contributed by atoms with Crippen LogP contribution in [0.25, 0.3) is 0 Å². The lowest BCUT2D eigenvalue weighted by molar-refractivity contribution is 0.476. The molecule has 1 fully saturated rings. The molecule has 1 aliphatic rings. The number of rotatable bonds is 6. The number of tetrazole rings is 1. The number of hydrogen-bond donors (Lipinski definition) is 0. The van der Waals surface area contributed by atoms with Gasteiger partial charge in [0.1, 0.15) is 0 Å². The highest BCUT2D eigenvalue weighted by Gasteiger charge is 2.27. The summed E-state index contributed by atoms with van der Waals surface area (Å²) < 4.78 is 29.7. The highest BCUT2D eigenvalue weighted by Crippen LogP contribution is 2.19. The largest absolute Gasteiger partial charge is 0.306 e. The van der Waals surface area contributed by atoms with E-state index in [4.69, 9.17) is 0 Å². The molecule has 2 aromatic rings. The second-order valence-corrected chi connectivity index (χ2v) is 7.70. The summed E-state index contributed by atoms with van der Waals surface area (Å²) in [6, 6.07) is 2.64. The lowest BCUT2D eigenvalue weighted by atomic mass is 10.4. The summed E-state index contributed by atoms with van der Waals surface area (Å²) >= 11 is 0. The van der Waals surface area contributed by atoms with Crippen LogP contribution in [0.15, 0.2) is 28.0 Å². The maximum absolute atomic E-state index is 12.6. The molecule has 2 aromatic heterocycles. The summed E-state index contributed by atoms with van der Waals surface area (Å²) in [6.45, 7) is 3.82. The molecule has 1 saturated heterocycles. The van der Waals surface area contributed by atoms with E-state index < -0.39 is 10.0 Å². The SMILES string of the molecule is CCCn1nnnc1Cn1cc(S(=O)(=O)N2CCCC2)ccc1=O. The van der Waals surface area contributed by atoms with Crippen LogP contribution in [0.1, 0.15) is 32.0 Å². The summed E-state index contributed by atoms with van der Waals surface area (Å²) in [5.74, 6) is 0.523. The lowest BCUT2D eigenvalue weighted by Gasteiger charge is -2.16. The maximum atomic E-state index is 12.6. The second kappa shape index (κ2) is 6.81. The fraction of sp³-hybridized carbons (Fsp3) is 0.571. The second-order valence-electron chi connectivity index (χ2n) is 5.76. The molecule has 0 aromatic carbocycles. The number of nitrogens with zero attached hydrogens (tertiary/aromatic N) is 6. The van der Waals surface area contributed by atoms with Crippen LogP contribution in [0.2, 0.25) is 0 Å². The Bertz CT molecular complexity index is 867. The Hall–Kier alpha value is -2.07. The van der Waals surface area contributed by atoms with Gasteiger partial charge in [-0.25, -0.2) is 13.1 Å². The van der Waals surface area contributed by atoms with E-state index in [0.717, 1.165) is 19.3 Å². The average Bonchev–Trinajstić information content (AvgIpc) is 3.22. The molecule has 0 atom stereocenters. The molecule has 0 radical (unpaired) electrons. The smallest absolute Gasteiger partial charge is 0.251 e. The van der Waals surface area contributed by atoms with Crippen molar-refractivity contribution in [2.75, 3.05) is 13.1 Å². The van der Waals surface area contributed by atoms with Crippen LogP contribution in [0.5, 0.6) is 0 Å². The van der Waals surface area contributed by atoms with Gasteiger partial charge in [-0.1, -0.05) is 6.92 Å². The third-order valence-corrected chi connectivity index (χ3v) is 5.89. The van der Waals surface area contributed by atoms with Gasteiger partial charge in [0, 0.05) is 31.9 Å². The predicted octanol–water partition coefficient (Wildman–Crippen LogP) is 0.0776. The van der Waals surface area contributed by atoms with Crippen molar-refractivity contribution in [1.82, 2.24) is 29.1 Å². The van der Waals surface area contributed by atoms with Crippen molar-refractivity contribution in [2.24, 2.45) is 0 Å². The van der Waals surface area contributed by atoms with Crippen LogP contribution in [-0.4, -0.2) is 50.6 Å². The van der Waals surface area contributed by atoms with E-state index in [1.807, 2.05) is 6.92 Å². The Morgan fingerprint density at radius 1 is 1.21 bits per heavy atom. The molecule has 24 heavy (non-hydrogen) atoms. The van der Waals surface area contributed by atoms with Crippen LogP contribution in [-0.2, 0) is 23.1 Å². The first-order valence-corrected chi connectivity index (χ1v) is 9.42. The van der Waals surface area contributed by atoms with Crippen LogP contribution in [0.3, 0.4) is 0 Å². The zero-order valence-electron chi connectivity index (χ0n) is 13.5. The summed E-state index contributed by atoms with van der Waals surface area (Å²) in [4.78, 5) is 12.2. The molecule has 1 aliphatic heterocycles. The first-order chi connectivity index (χ1) is 11.5. The first kappa shape index (κ1) is 16.8. The van der Waals surface area contributed by atoms with Gasteiger partial charge in [0.2, 0.25) is 10.0 Å². The molecule has 3 rings (SSSR count). The third-order valence-electron chi connectivity index (χ3n) is 4.01. The molecular formula is C14H20N6O3S. The molecular weight excluding hydrogens is 332 g/mol. The number of pyridine rings is 1. The number of aryl methyl sites for hydroxylation is 1. The van der Waals surface area contributed by atoms with E-state index in [-0.39, 0.29) is 17.0 Å². The van der Waals surface area contributed by atoms with E-state index in [9.17, 15) is 13.2 Å². The van der Waals surface area contributed by atoms with E-state index in [0.29, 0.717) is 25.5 Å². The molecule has 0 unspecified atom stereocenters. The number of hydrogen-bond acceptors (Lipinski definition) is 6. The van der Waals surface area contributed by atoms with Gasteiger partial charge < -0.3 is 4.57 Å². The molecule has 0 amide bonds. The summed E-state index contributed by atoms with van der Waals surface area (Å²) in [6.07, 6.45) is 3.96. The van der Waals surface area contributed by atoms with Crippen molar-refractivity contribution < 1.29 is 8.42 Å². The third kappa shape index (κ3) is 3.24. The highest BCUT2D eigenvalue weighted by molar-refractivity contribution is 7.89. The Balaban J connectivity index is 1.92. The predicted molar refractivity (Wildman–Crippen MR) is 85.9 cm³/mol. The molecule has 0 saturated carbocycles. The molecule has 3 heterocycles. The quantitative estimate of drug-likeness (QED) is 0.729. The van der Waals surface area contributed by atoms with E-state index >= 15 is 0 Å². The molecule has 0 spiro atoms. The summed E-state index contributed by atoms with van der Waals surface area (Å²) in [7, 11) is -3.56. The zero-order valence-corrected chi connectivity index (χ0v) is 14.3. The molecule has 9 nitrogen and oxygen atoms in total. The van der Waals surface area contributed by atoms with Crippen LogP contribution in [0.4, 0.5) is 0 Å². The van der Waals surface area contributed by atoms with Gasteiger partial charge in [0.25, 0.3) is 5.56 Å². The van der Waals surface area contributed by atoms with E-state index in [1.54, 1.807) is 4.68 Å². The highest BCUT2D eigenvalue weighted by atomic mass is 32.2. The number of aromatic nitrogens is 5. The van der Waals surface area contributed by atoms with Crippen molar-refractivity contribution in [2.45, 2.75) is 44.2 Å². The fourth-order valence-electron chi connectivity index (χ4n) is 2.74. The zero-order chi connectivity index (χ0) is 17.2. The Kier molecular flexibility index (Phi) is 4.76. The van der Waals surface area contributed by atoms with Gasteiger partial charge >= 0.3 is 0 Å². The summed E-state index contributed by atoms with van der Waals surface area (Å²) in [5, 5.41) is 11.4. The Labute approximate surface area is 139 Å². The monoisotopic (exact) mass is 352 g/mol.